The minimum absolute atomic E-state index is 0.143. The molecule has 1 amide bonds. The van der Waals surface area contributed by atoms with Crippen LogP contribution in [0.1, 0.15) is 32.4 Å². The number of nitro groups is 1. The highest BCUT2D eigenvalue weighted by Crippen LogP contribution is 2.34. The predicted octanol–water partition coefficient (Wildman–Crippen LogP) is 3.59. The van der Waals surface area contributed by atoms with Crippen LogP contribution in [0, 0.1) is 10.1 Å². The summed E-state index contributed by atoms with van der Waals surface area (Å²) in [6, 6.07) is 7.66. The van der Waals surface area contributed by atoms with Crippen molar-refractivity contribution in [3.05, 3.63) is 58.4 Å². The number of pyridine rings is 1. The minimum Gasteiger partial charge on any atom is -0.444 e. The summed E-state index contributed by atoms with van der Waals surface area (Å²) in [4.78, 5) is 34.1. The van der Waals surface area contributed by atoms with Gasteiger partial charge in [-0.15, -0.1) is 0 Å². The third-order valence-corrected chi connectivity index (χ3v) is 5.05. The third kappa shape index (κ3) is 4.98. The molecule has 0 spiro atoms. The molecule has 0 bridgehead atoms. The highest BCUT2D eigenvalue weighted by atomic mass is 16.6. The SMILES string of the molecule is CC(C)(C)OC(=O)N1CCNCC1c1ccc(-c2nc(-c3cccnc3)no2)cc1[N+](=O)[O-]. The van der Waals surface area contributed by atoms with Crippen molar-refractivity contribution >= 4 is 11.8 Å². The number of ether oxygens (including phenoxy) is 1. The van der Waals surface area contributed by atoms with Crippen molar-refractivity contribution < 1.29 is 19.0 Å². The second kappa shape index (κ2) is 8.94. The summed E-state index contributed by atoms with van der Waals surface area (Å²) < 4.78 is 10.8. The van der Waals surface area contributed by atoms with Crippen LogP contribution in [0.2, 0.25) is 0 Å². The second-order valence-electron chi connectivity index (χ2n) is 8.59. The number of carbonyl (C=O) groups excluding carboxylic acids is 1. The van der Waals surface area contributed by atoms with Crippen LogP contribution >= 0.6 is 0 Å². The van der Waals surface area contributed by atoms with Crippen LogP contribution in [0.15, 0.2) is 47.2 Å². The van der Waals surface area contributed by atoms with Crippen LogP contribution in [-0.4, -0.2) is 56.3 Å². The van der Waals surface area contributed by atoms with E-state index in [2.05, 4.69) is 20.4 Å². The van der Waals surface area contributed by atoms with Crippen molar-refractivity contribution in [1.82, 2.24) is 25.3 Å². The van der Waals surface area contributed by atoms with E-state index in [4.69, 9.17) is 9.26 Å². The van der Waals surface area contributed by atoms with Crippen molar-refractivity contribution in [2.45, 2.75) is 32.4 Å². The molecular weight excluding hydrogens is 428 g/mol. The minimum atomic E-state index is -0.674. The zero-order valence-corrected chi connectivity index (χ0v) is 18.5. The lowest BCUT2D eigenvalue weighted by molar-refractivity contribution is -0.385. The van der Waals surface area contributed by atoms with E-state index in [1.165, 1.54) is 11.0 Å². The van der Waals surface area contributed by atoms with Gasteiger partial charge in [-0.1, -0.05) is 5.16 Å². The Morgan fingerprint density at radius 2 is 2.12 bits per heavy atom. The third-order valence-electron chi connectivity index (χ3n) is 5.05. The van der Waals surface area contributed by atoms with Gasteiger partial charge in [0.15, 0.2) is 0 Å². The number of rotatable bonds is 4. The number of nitrogens with one attached hydrogen (secondary N) is 1. The number of piperazine rings is 1. The van der Waals surface area contributed by atoms with Gasteiger partial charge in [-0.25, -0.2) is 4.79 Å². The molecule has 1 aromatic carbocycles. The summed E-state index contributed by atoms with van der Waals surface area (Å²) in [5.74, 6) is 0.478. The molecule has 1 aliphatic rings. The first-order chi connectivity index (χ1) is 15.7. The maximum atomic E-state index is 12.8. The largest absolute Gasteiger partial charge is 0.444 e. The lowest BCUT2D eigenvalue weighted by Gasteiger charge is -2.37. The molecule has 0 aliphatic carbocycles. The Morgan fingerprint density at radius 3 is 2.82 bits per heavy atom. The summed E-state index contributed by atoms with van der Waals surface area (Å²) in [7, 11) is 0. The van der Waals surface area contributed by atoms with E-state index in [1.54, 1.807) is 57.4 Å². The maximum absolute atomic E-state index is 12.8. The molecule has 1 saturated heterocycles. The molecule has 4 rings (SSSR count). The monoisotopic (exact) mass is 452 g/mol. The fourth-order valence-corrected chi connectivity index (χ4v) is 3.59. The quantitative estimate of drug-likeness (QED) is 0.465. The topological polar surface area (TPSA) is 137 Å². The number of hydrogen-bond acceptors (Lipinski definition) is 9. The molecule has 2 aromatic heterocycles. The molecule has 0 radical (unpaired) electrons. The van der Waals surface area contributed by atoms with Crippen LogP contribution in [-0.2, 0) is 4.74 Å². The number of hydrogen-bond donors (Lipinski definition) is 1. The molecule has 1 fully saturated rings. The Hall–Kier alpha value is -3.86. The number of nitro benzene ring substituents is 1. The first-order valence-corrected chi connectivity index (χ1v) is 10.5. The molecule has 11 heteroatoms. The van der Waals surface area contributed by atoms with Crippen LogP contribution < -0.4 is 5.32 Å². The lowest BCUT2D eigenvalue weighted by Crippen LogP contribution is -2.50. The second-order valence-corrected chi connectivity index (χ2v) is 8.59. The van der Waals surface area contributed by atoms with Crippen molar-refractivity contribution in [3.8, 4) is 22.8 Å². The highest BCUT2D eigenvalue weighted by molar-refractivity contribution is 5.70. The van der Waals surface area contributed by atoms with Crippen molar-refractivity contribution in [3.63, 3.8) is 0 Å². The van der Waals surface area contributed by atoms with Gasteiger partial charge in [-0.2, -0.15) is 4.98 Å². The average molecular weight is 452 g/mol. The zero-order chi connectivity index (χ0) is 23.6. The Bertz CT molecular complexity index is 1160. The van der Waals surface area contributed by atoms with Crippen LogP contribution in [0.3, 0.4) is 0 Å². The number of nitrogens with zero attached hydrogens (tertiary/aromatic N) is 5. The van der Waals surface area contributed by atoms with Crippen molar-refractivity contribution in [1.29, 1.82) is 0 Å². The fraction of sp³-hybridized carbons (Fsp3) is 0.364. The van der Waals surface area contributed by atoms with E-state index < -0.39 is 22.7 Å². The van der Waals surface area contributed by atoms with E-state index in [0.717, 1.165) is 0 Å². The van der Waals surface area contributed by atoms with Gasteiger partial charge in [0, 0.05) is 49.2 Å². The van der Waals surface area contributed by atoms with Crippen LogP contribution in [0.25, 0.3) is 22.8 Å². The number of carbonyl (C=O) groups is 1. The van der Waals surface area contributed by atoms with Gasteiger partial charge < -0.3 is 14.6 Å². The van der Waals surface area contributed by atoms with Gasteiger partial charge in [0.25, 0.3) is 11.6 Å². The molecule has 1 aliphatic heterocycles. The highest BCUT2D eigenvalue weighted by Gasteiger charge is 2.35. The van der Waals surface area contributed by atoms with E-state index in [9.17, 15) is 14.9 Å². The molecule has 33 heavy (non-hydrogen) atoms. The van der Waals surface area contributed by atoms with E-state index in [1.807, 2.05) is 0 Å². The van der Waals surface area contributed by atoms with Gasteiger partial charge in [0.05, 0.1) is 16.5 Å². The summed E-state index contributed by atoms with van der Waals surface area (Å²) >= 11 is 0. The molecule has 1 unspecified atom stereocenters. The maximum Gasteiger partial charge on any atom is 0.410 e. The number of benzene rings is 1. The van der Waals surface area contributed by atoms with Crippen molar-refractivity contribution in [2.24, 2.45) is 0 Å². The Labute approximate surface area is 189 Å². The summed E-state index contributed by atoms with van der Waals surface area (Å²) in [6.45, 7) is 6.65. The zero-order valence-electron chi connectivity index (χ0n) is 18.5. The van der Waals surface area contributed by atoms with Gasteiger partial charge in [-0.3, -0.25) is 20.0 Å². The molecule has 1 atom stereocenters. The number of amides is 1. The Morgan fingerprint density at radius 1 is 1.30 bits per heavy atom. The normalized spacial score (nSPS) is 16.5. The molecular formula is C22H24N6O5. The number of aromatic nitrogens is 3. The van der Waals surface area contributed by atoms with Crippen molar-refractivity contribution in [2.75, 3.05) is 19.6 Å². The van der Waals surface area contributed by atoms with E-state index >= 15 is 0 Å². The first kappa shape index (κ1) is 22.3. The van der Waals surface area contributed by atoms with E-state index in [0.29, 0.717) is 42.1 Å². The van der Waals surface area contributed by atoms with E-state index in [-0.39, 0.29) is 11.6 Å². The van der Waals surface area contributed by atoms with Gasteiger partial charge in [-0.05, 0) is 45.0 Å². The molecule has 172 valence electrons. The summed E-state index contributed by atoms with van der Waals surface area (Å²) in [6.07, 6.45) is 2.72. The van der Waals surface area contributed by atoms with Crippen LogP contribution in [0.4, 0.5) is 10.5 Å². The smallest absolute Gasteiger partial charge is 0.410 e. The Balaban J connectivity index is 1.67. The standard InChI is InChI=1S/C22H24N6O5/c1-22(2,3)32-21(29)27-10-9-24-13-18(27)16-7-6-14(11-17(16)28(30)31)20-25-19(26-33-20)15-5-4-8-23-12-15/h4-8,11-12,18,24H,9-10,13H2,1-3H3. The average Bonchev–Trinajstić information content (AvgIpc) is 3.28. The van der Waals surface area contributed by atoms with Gasteiger partial charge >= 0.3 is 6.09 Å². The molecule has 0 saturated carbocycles. The van der Waals surface area contributed by atoms with Gasteiger partial charge in [0.1, 0.15) is 5.60 Å². The first-order valence-electron chi connectivity index (χ1n) is 10.5. The lowest BCUT2D eigenvalue weighted by atomic mass is 9.99. The summed E-state index contributed by atoms with van der Waals surface area (Å²) in [5, 5.41) is 19.1. The molecule has 3 heterocycles. The van der Waals surface area contributed by atoms with Gasteiger partial charge in [0.2, 0.25) is 5.82 Å². The summed E-state index contributed by atoms with van der Waals surface area (Å²) in [5.41, 5.74) is 0.650. The molecule has 11 nitrogen and oxygen atoms in total. The molecule has 3 aromatic rings. The predicted molar refractivity (Wildman–Crippen MR) is 118 cm³/mol. The Kier molecular flexibility index (Phi) is 6.05. The molecule has 1 N–H and O–H groups in total. The fourth-order valence-electron chi connectivity index (χ4n) is 3.59. The van der Waals surface area contributed by atoms with Crippen LogP contribution in [0.5, 0.6) is 0 Å².